The third kappa shape index (κ3) is 3.81. The molecule has 0 saturated heterocycles. The maximum Gasteiger partial charge on any atom is 0.259 e. The number of hydrogen-bond donors (Lipinski definition) is 1. The number of amides is 1. The molecule has 0 saturated carbocycles. The Labute approximate surface area is 152 Å². The topological polar surface area (TPSA) is 38.3 Å². The molecule has 116 valence electrons. The molecular weight excluding hydrogens is 457 g/mol. The highest BCUT2D eigenvalue weighted by atomic mass is 127. The molecule has 0 aromatic heterocycles. The van der Waals surface area contributed by atoms with Crippen LogP contribution < -0.4 is 10.1 Å². The van der Waals surface area contributed by atoms with Gasteiger partial charge < -0.3 is 10.1 Å². The number of halogens is 2. The fourth-order valence-corrected chi connectivity index (χ4v) is 3.46. The van der Waals surface area contributed by atoms with E-state index in [1.807, 2.05) is 25.1 Å². The first-order valence-electron chi connectivity index (χ1n) is 6.90. The zero-order chi connectivity index (χ0) is 16.3. The molecule has 0 bridgehead atoms. The number of ether oxygens (including phenoxy) is 1. The smallest absolute Gasteiger partial charge is 0.259 e. The van der Waals surface area contributed by atoms with Crippen molar-refractivity contribution in [2.45, 2.75) is 20.3 Å². The molecule has 0 aliphatic rings. The summed E-state index contributed by atoms with van der Waals surface area (Å²) in [5.74, 6) is 0.432. The summed E-state index contributed by atoms with van der Waals surface area (Å²) < 4.78 is 7.39. The summed E-state index contributed by atoms with van der Waals surface area (Å²) in [5, 5.41) is 2.99. The minimum absolute atomic E-state index is 0.169. The lowest BCUT2D eigenvalue weighted by atomic mass is 10.1. The number of nitrogens with one attached hydrogen (secondary N) is 1. The fraction of sp³-hybridized carbons (Fsp3) is 0.235. The van der Waals surface area contributed by atoms with Crippen LogP contribution in [0, 0.1) is 10.5 Å². The monoisotopic (exact) mass is 473 g/mol. The predicted molar refractivity (Wildman–Crippen MR) is 102 cm³/mol. The molecule has 0 atom stereocenters. The number of rotatable bonds is 4. The van der Waals surface area contributed by atoms with Gasteiger partial charge in [0.05, 0.1) is 12.7 Å². The van der Waals surface area contributed by atoms with Gasteiger partial charge in [0.25, 0.3) is 5.91 Å². The van der Waals surface area contributed by atoms with E-state index in [2.05, 4.69) is 56.8 Å². The van der Waals surface area contributed by atoms with E-state index in [9.17, 15) is 4.79 Å². The molecular formula is C17H17BrINO2. The molecule has 0 fully saturated rings. The molecule has 2 aromatic rings. The number of anilines is 1. The Morgan fingerprint density at radius 2 is 2.05 bits per heavy atom. The van der Waals surface area contributed by atoms with Crippen LogP contribution >= 0.6 is 38.5 Å². The Morgan fingerprint density at radius 1 is 1.32 bits per heavy atom. The van der Waals surface area contributed by atoms with Gasteiger partial charge in [-0.2, -0.15) is 0 Å². The normalized spacial score (nSPS) is 10.4. The number of carbonyl (C=O) groups is 1. The van der Waals surface area contributed by atoms with Crippen LogP contribution in [0.3, 0.4) is 0 Å². The third-order valence-corrected chi connectivity index (χ3v) is 4.51. The summed E-state index contributed by atoms with van der Waals surface area (Å²) in [5.41, 5.74) is 3.40. The highest BCUT2D eigenvalue weighted by Gasteiger charge is 2.16. The Kier molecular flexibility index (Phi) is 5.86. The van der Waals surface area contributed by atoms with Crippen LogP contribution in [0.1, 0.15) is 28.4 Å². The van der Waals surface area contributed by atoms with Gasteiger partial charge in [0.15, 0.2) is 0 Å². The molecule has 2 rings (SSSR count). The van der Waals surface area contributed by atoms with Gasteiger partial charge in [-0.05, 0) is 77.4 Å². The highest BCUT2D eigenvalue weighted by Crippen LogP contribution is 2.29. The van der Waals surface area contributed by atoms with Gasteiger partial charge in [0, 0.05) is 13.7 Å². The first-order chi connectivity index (χ1) is 10.5. The van der Waals surface area contributed by atoms with Gasteiger partial charge in [-0.3, -0.25) is 4.79 Å². The van der Waals surface area contributed by atoms with Gasteiger partial charge in [-0.25, -0.2) is 0 Å². The van der Waals surface area contributed by atoms with Crippen LogP contribution in [0.5, 0.6) is 5.75 Å². The Balaban J connectivity index is 2.38. The van der Waals surface area contributed by atoms with E-state index in [0.717, 1.165) is 31.3 Å². The van der Waals surface area contributed by atoms with Crippen molar-refractivity contribution < 1.29 is 9.53 Å². The molecule has 2 aromatic carbocycles. The summed E-state index contributed by atoms with van der Waals surface area (Å²) in [7, 11) is 1.58. The van der Waals surface area contributed by atoms with Gasteiger partial charge in [0.1, 0.15) is 5.75 Å². The van der Waals surface area contributed by atoms with E-state index >= 15 is 0 Å². The summed E-state index contributed by atoms with van der Waals surface area (Å²) in [4.78, 5) is 12.6. The van der Waals surface area contributed by atoms with E-state index in [-0.39, 0.29) is 5.91 Å². The second-order valence-corrected chi connectivity index (χ2v) is 7.07. The molecule has 0 aliphatic heterocycles. The summed E-state index contributed by atoms with van der Waals surface area (Å²) in [6, 6.07) is 9.71. The molecule has 0 radical (unpaired) electrons. The van der Waals surface area contributed by atoms with E-state index in [1.54, 1.807) is 13.2 Å². The van der Waals surface area contributed by atoms with Crippen molar-refractivity contribution in [1.29, 1.82) is 0 Å². The van der Waals surface area contributed by atoms with Crippen molar-refractivity contribution >= 4 is 50.1 Å². The van der Waals surface area contributed by atoms with Crippen LogP contribution in [-0.4, -0.2) is 13.0 Å². The molecule has 0 unspecified atom stereocenters. The van der Waals surface area contributed by atoms with E-state index in [0.29, 0.717) is 11.3 Å². The average Bonchev–Trinajstić information content (AvgIpc) is 2.48. The number of benzene rings is 2. The van der Waals surface area contributed by atoms with Crippen LogP contribution in [0.2, 0.25) is 0 Å². The molecule has 0 aliphatic carbocycles. The fourth-order valence-electron chi connectivity index (χ4n) is 2.34. The van der Waals surface area contributed by atoms with Crippen molar-refractivity contribution in [3.05, 3.63) is 55.1 Å². The van der Waals surface area contributed by atoms with Crippen molar-refractivity contribution in [1.82, 2.24) is 0 Å². The minimum atomic E-state index is -0.169. The van der Waals surface area contributed by atoms with Crippen LogP contribution in [0.15, 0.2) is 34.8 Å². The van der Waals surface area contributed by atoms with Crippen LogP contribution in [-0.2, 0) is 6.42 Å². The molecule has 5 heteroatoms. The number of aryl methyl sites for hydroxylation is 2. The number of hydrogen-bond acceptors (Lipinski definition) is 2. The Bertz CT molecular complexity index is 716. The van der Waals surface area contributed by atoms with E-state index < -0.39 is 0 Å². The van der Waals surface area contributed by atoms with Gasteiger partial charge in [-0.15, -0.1) is 0 Å². The van der Waals surface area contributed by atoms with E-state index in [4.69, 9.17) is 4.74 Å². The maximum atomic E-state index is 12.6. The lowest BCUT2D eigenvalue weighted by Crippen LogP contribution is -2.15. The van der Waals surface area contributed by atoms with Crippen LogP contribution in [0.25, 0.3) is 0 Å². The second-order valence-electron chi connectivity index (χ2n) is 4.91. The average molecular weight is 474 g/mol. The lowest BCUT2D eigenvalue weighted by Gasteiger charge is -2.14. The van der Waals surface area contributed by atoms with Gasteiger partial charge in [-0.1, -0.05) is 22.9 Å². The van der Waals surface area contributed by atoms with Crippen molar-refractivity contribution in [2.75, 3.05) is 12.4 Å². The summed E-state index contributed by atoms with van der Waals surface area (Å²) in [6.45, 7) is 3.99. The van der Waals surface area contributed by atoms with Crippen molar-refractivity contribution in [3.8, 4) is 5.75 Å². The SMILES string of the molecule is CCc1cc(I)ccc1NC(=O)c1cc(Br)cc(C)c1OC. The lowest BCUT2D eigenvalue weighted by molar-refractivity contribution is 0.102. The first-order valence-corrected chi connectivity index (χ1v) is 8.77. The second kappa shape index (κ2) is 7.46. The molecule has 1 amide bonds. The number of carbonyl (C=O) groups excluding carboxylic acids is 1. The number of methoxy groups -OCH3 is 1. The zero-order valence-corrected chi connectivity index (χ0v) is 16.4. The standard InChI is InChI=1S/C17H17BrINO2/c1-4-11-8-13(19)5-6-15(11)20-17(21)14-9-12(18)7-10(2)16(14)22-3/h5-9H,4H2,1-3H3,(H,20,21). The van der Waals surface area contributed by atoms with Crippen LogP contribution in [0.4, 0.5) is 5.69 Å². The summed E-state index contributed by atoms with van der Waals surface area (Å²) >= 11 is 5.70. The first kappa shape index (κ1) is 17.3. The molecule has 3 nitrogen and oxygen atoms in total. The Hall–Kier alpha value is -1.08. The molecule has 0 spiro atoms. The van der Waals surface area contributed by atoms with Crippen molar-refractivity contribution in [3.63, 3.8) is 0 Å². The van der Waals surface area contributed by atoms with Gasteiger partial charge in [0.2, 0.25) is 0 Å². The Morgan fingerprint density at radius 3 is 2.68 bits per heavy atom. The molecule has 22 heavy (non-hydrogen) atoms. The zero-order valence-electron chi connectivity index (χ0n) is 12.7. The summed E-state index contributed by atoms with van der Waals surface area (Å²) in [6.07, 6.45) is 0.862. The molecule has 1 N–H and O–H groups in total. The van der Waals surface area contributed by atoms with E-state index in [1.165, 1.54) is 0 Å². The van der Waals surface area contributed by atoms with Crippen molar-refractivity contribution in [2.24, 2.45) is 0 Å². The molecule has 0 heterocycles. The largest absolute Gasteiger partial charge is 0.496 e. The minimum Gasteiger partial charge on any atom is -0.496 e. The quantitative estimate of drug-likeness (QED) is 0.621. The third-order valence-electron chi connectivity index (χ3n) is 3.38. The highest BCUT2D eigenvalue weighted by molar-refractivity contribution is 14.1. The maximum absolute atomic E-state index is 12.6. The van der Waals surface area contributed by atoms with Gasteiger partial charge >= 0.3 is 0 Å². The predicted octanol–water partition coefficient (Wildman–Crippen LogP) is 5.19.